The lowest BCUT2D eigenvalue weighted by Crippen LogP contribution is -2.28. The van der Waals surface area contributed by atoms with E-state index >= 15 is 0 Å². The molecular formula is C13H19N5O2. The van der Waals surface area contributed by atoms with Crippen LogP contribution in [0.5, 0.6) is 0 Å². The van der Waals surface area contributed by atoms with Crippen molar-refractivity contribution in [3.8, 4) is 0 Å². The summed E-state index contributed by atoms with van der Waals surface area (Å²) in [4.78, 5) is 27.2. The summed E-state index contributed by atoms with van der Waals surface area (Å²) in [5.74, 6) is 5.52. The molecule has 1 aliphatic carbocycles. The van der Waals surface area contributed by atoms with E-state index in [4.69, 9.17) is 5.84 Å². The van der Waals surface area contributed by atoms with Gasteiger partial charge in [0.2, 0.25) is 5.91 Å². The first-order valence-corrected chi connectivity index (χ1v) is 6.69. The number of aromatic nitrogens is 1. The lowest BCUT2D eigenvalue weighted by atomic mass is 10.2. The normalized spacial score (nSPS) is 13.7. The molecule has 0 bridgehead atoms. The number of nitrogen functional groups attached to an aromatic ring is 1. The Hall–Kier alpha value is -2.15. The number of hydrazine groups is 1. The fourth-order valence-corrected chi connectivity index (χ4v) is 1.73. The van der Waals surface area contributed by atoms with Crippen molar-refractivity contribution >= 4 is 17.6 Å². The number of nitrogens with two attached hydrogens (primary N) is 1. The summed E-state index contributed by atoms with van der Waals surface area (Å²) in [6.45, 7) is 0.463. The molecule has 0 aromatic carbocycles. The van der Waals surface area contributed by atoms with E-state index in [2.05, 4.69) is 21.0 Å². The molecule has 108 valence electrons. The molecule has 1 aliphatic rings. The van der Waals surface area contributed by atoms with Gasteiger partial charge in [0.1, 0.15) is 5.82 Å². The number of nitrogens with one attached hydrogen (secondary N) is 3. The topological polar surface area (TPSA) is 109 Å². The zero-order valence-corrected chi connectivity index (χ0v) is 11.2. The first-order valence-electron chi connectivity index (χ1n) is 6.69. The second-order valence-corrected chi connectivity index (χ2v) is 4.78. The van der Waals surface area contributed by atoms with Crippen LogP contribution in [-0.4, -0.2) is 29.4 Å². The van der Waals surface area contributed by atoms with Crippen LogP contribution in [-0.2, 0) is 4.79 Å². The van der Waals surface area contributed by atoms with Gasteiger partial charge in [-0.3, -0.25) is 9.59 Å². The van der Waals surface area contributed by atoms with Crippen LogP contribution < -0.4 is 21.9 Å². The van der Waals surface area contributed by atoms with Crippen molar-refractivity contribution in [2.45, 2.75) is 31.7 Å². The van der Waals surface area contributed by atoms with Crippen molar-refractivity contribution in [1.82, 2.24) is 15.6 Å². The number of pyridine rings is 1. The van der Waals surface area contributed by atoms with Crippen molar-refractivity contribution in [2.24, 2.45) is 5.84 Å². The minimum atomic E-state index is -0.202. The maximum absolute atomic E-state index is 11.8. The predicted octanol–water partition coefficient (Wildman–Crippen LogP) is 0.156. The third kappa shape index (κ3) is 4.51. The fourth-order valence-electron chi connectivity index (χ4n) is 1.73. The molecule has 7 nitrogen and oxygen atoms in total. The largest absolute Gasteiger partial charge is 0.353 e. The predicted molar refractivity (Wildman–Crippen MR) is 74.8 cm³/mol. The van der Waals surface area contributed by atoms with Gasteiger partial charge in [0.15, 0.2) is 0 Å². The molecule has 0 radical (unpaired) electrons. The number of hydrogen-bond donors (Lipinski definition) is 4. The van der Waals surface area contributed by atoms with E-state index in [1.165, 1.54) is 6.20 Å². The van der Waals surface area contributed by atoms with Crippen LogP contribution >= 0.6 is 0 Å². The maximum atomic E-state index is 11.8. The molecular weight excluding hydrogens is 258 g/mol. The minimum absolute atomic E-state index is 0.0558. The van der Waals surface area contributed by atoms with Crippen molar-refractivity contribution in [3.05, 3.63) is 23.9 Å². The molecule has 1 aromatic heterocycles. The average Bonchev–Trinajstić information content (AvgIpc) is 3.27. The van der Waals surface area contributed by atoms with Crippen LogP contribution in [0, 0.1) is 0 Å². The Morgan fingerprint density at radius 3 is 2.90 bits per heavy atom. The van der Waals surface area contributed by atoms with E-state index in [0.29, 0.717) is 36.8 Å². The Labute approximate surface area is 117 Å². The minimum Gasteiger partial charge on any atom is -0.353 e. The van der Waals surface area contributed by atoms with Gasteiger partial charge in [0.05, 0.1) is 0 Å². The number of carbonyl (C=O) groups is 2. The molecule has 0 unspecified atom stereocenters. The second kappa shape index (κ2) is 6.85. The molecule has 20 heavy (non-hydrogen) atoms. The van der Waals surface area contributed by atoms with Gasteiger partial charge < -0.3 is 16.1 Å². The first-order chi connectivity index (χ1) is 9.69. The molecule has 0 saturated heterocycles. The molecule has 0 atom stereocenters. The summed E-state index contributed by atoms with van der Waals surface area (Å²) in [6.07, 6.45) is 4.73. The third-order valence-corrected chi connectivity index (χ3v) is 2.98. The van der Waals surface area contributed by atoms with Gasteiger partial charge in [0, 0.05) is 30.8 Å². The highest BCUT2D eigenvalue weighted by atomic mass is 16.2. The van der Waals surface area contributed by atoms with Gasteiger partial charge in [-0.1, -0.05) is 0 Å². The second-order valence-electron chi connectivity index (χ2n) is 4.78. The van der Waals surface area contributed by atoms with Gasteiger partial charge in [-0.2, -0.15) is 0 Å². The van der Waals surface area contributed by atoms with Crippen molar-refractivity contribution in [3.63, 3.8) is 0 Å². The molecule has 1 saturated carbocycles. The highest BCUT2D eigenvalue weighted by Gasteiger charge is 2.22. The molecule has 5 N–H and O–H groups in total. The van der Waals surface area contributed by atoms with E-state index in [1.54, 1.807) is 12.1 Å². The Bertz CT molecular complexity index is 487. The standard InChI is InChI=1S/C13H19N5O2/c14-18-11-8-9(5-7-15-11)13(20)16-6-1-2-12(19)17-10-3-4-10/h5,7-8,10H,1-4,6,14H2,(H,15,18)(H,16,20)(H,17,19). The summed E-state index contributed by atoms with van der Waals surface area (Å²) in [5, 5.41) is 5.67. The number of amides is 2. The van der Waals surface area contributed by atoms with E-state index in [-0.39, 0.29) is 11.8 Å². The molecule has 2 amide bonds. The first kappa shape index (κ1) is 14.3. The SMILES string of the molecule is NNc1cc(C(=O)NCCCC(=O)NC2CC2)ccn1. The summed E-state index contributed by atoms with van der Waals surface area (Å²) in [7, 11) is 0. The number of rotatable bonds is 7. The number of carbonyl (C=O) groups excluding carboxylic acids is 2. The van der Waals surface area contributed by atoms with Crippen LogP contribution in [0.4, 0.5) is 5.82 Å². The summed E-state index contributed by atoms with van der Waals surface area (Å²) in [5.41, 5.74) is 2.87. The van der Waals surface area contributed by atoms with Crippen LogP contribution in [0.1, 0.15) is 36.0 Å². The highest BCUT2D eigenvalue weighted by Crippen LogP contribution is 2.18. The van der Waals surface area contributed by atoms with Gasteiger partial charge in [-0.05, 0) is 31.4 Å². The molecule has 0 spiro atoms. The fraction of sp³-hybridized carbons (Fsp3) is 0.462. The van der Waals surface area contributed by atoms with Crippen molar-refractivity contribution < 1.29 is 9.59 Å². The number of anilines is 1. The molecule has 1 aromatic rings. The van der Waals surface area contributed by atoms with Gasteiger partial charge in [-0.25, -0.2) is 10.8 Å². The van der Waals surface area contributed by atoms with Crippen molar-refractivity contribution in [2.75, 3.05) is 12.0 Å². The van der Waals surface area contributed by atoms with Crippen LogP contribution in [0.15, 0.2) is 18.3 Å². The number of hydrogen-bond acceptors (Lipinski definition) is 5. The smallest absolute Gasteiger partial charge is 0.251 e. The zero-order valence-electron chi connectivity index (χ0n) is 11.2. The third-order valence-electron chi connectivity index (χ3n) is 2.98. The van der Waals surface area contributed by atoms with Gasteiger partial charge in [-0.15, -0.1) is 0 Å². The van der Waals surface area contributed by atoms with Gasteiger partial charge >= 0.3 is 0 Å². The maximum Gasteiger partial charge on any atom is 0.251 e. The van der Waals surface area contributed by atoms with Crippen LogP contribution in [0.3, 0.4) is 0 Å². The highest BCUT2D eigenvalue weighted by molar-refractivity contribution is 5.94. The van der Waals surface area contributed by atoms with Crippen molar-refractivity contribution in [1.29, 1.82) is 0 Å². The zero-order chi connectivity index (χ0) is 14.4. The van der Waals surface area contributed by atoms with E-state index in [1.807, 2.05) is 0 Å². The average molecular weight is 277 g/mol. The van der Waals surface area contributed by atoms with E-state index in [9.17, 15) is 9.59 Å². The summed E-state index contributed by atoms with van der Waals surface area (Å²) >= 11 is 0. The Kier molecular flexibility index (Phi) is 4.89. The Balaban J connectivity index is 1.67. The van der Waals surface area contributed by atoms with Crippen LogP contribution in [0.25, 0.3) is 0 Å². The Morgan fingerprint density at radius 2 is 2.20 bits per heavy atom. The molecule has 1 heterocycles. The van der Waals surface area contributed by atoms with Crippen LogP contribution in [0.2, 0.25) is 0 Å². The summed E-state index contributed by atoms with van der Waals surface area (Å²) in [6, 6.07) is 3.56. The Morgan fingerprint density at radius 1 is 1.40 bits per heavy atom. The summed E-state index contributed by atoms with van der Waals surface area (Å²) < 4.78 is 0. The molecule has 0 aliphatic heterocycles. The van der Waals surface area contributed by atoms with E-state index < -0.39 is 0 Å². The molecule has 1 fully saturated rings. The molecule has 2 rings (SSSR count). The molecule has 7 heteroatoms. The van der Waals surface area contributed by atoms with E-state index in [0.717, 1.165) is 12.8 Å². The number of nitrogens with zero attached hydrogens (tertiary/aromatic N) is 1. The monoisotopic (exact) mass is 277 g/mol. The van der Waals surface area contributed by atoms with Gasteiger partial charge in [0.25, 0.3) is 5.91 Å². The lowest BCUT2D eigenvalue weighted by molar-refractivity contribution is -0.121. The lowest BCUT2D eigenvalue weighted by Gasteiger charge is -2.06. The quantitative estimate of drug-likeness (QED) is 0.322.